The summed E-state index contributed by atoms with van der Waals surface area (Å²) < 4.78 is 5.35. The Morgan fingerprint density at radius 1 is 1.18 bits per heavy atom. The summed E-state index contributed by atoms with van der Waals surface area (Å²) in [5.41, 5.74) is 0.732. The molecule has 0 spiro atoms. The largest absolute Gasteiger partial charge is 0.444 e. The molecule has 1 aliphatic rings. The maximum atomic E-state index is 11.8. The second-order valence-electron chi connectivity index (χ2n) is 5.37. The topological polar surface area (TPSA) is 32.8 Å². The first-order chi connectivity index (χ1) is 7.83. The van der Waals surface area contributed by atoms with Crippen molar-refractivity contribution in [3.63, 3.8) is 0 Å². The molecule has 4 nitrogen and oxygen atoms in total. The van der Waals surface area contributed by atoms with Gasteiger partial charge in [-0.05, 0) is 27.2 Å². The van der Waals surface area contributed by atoms with E-state index in [-0.39, 0.29) is 6.09 Å². The molecule has 1 rings (SSSR count). The standard InChI is InChI=1S/C13H24N2O2/c1-6-11(2)14-7-9-15(10-8-14)12(16)17-13(3,4)5/h2,6-10H2,1,3-5H3. The van der Waals surface area contributed by atoms with Gasteiger partial charge in [-0.3, -0.25) is 0 Å². The summed E-state index contributed by atoms with van der Waals surface area (Å²) in [6, 6.07) is 0. The summed E-state index contributed by atoms with van der Waals surface area (Å²) in [6.45, 7) is 14.9. The number of piperazine rings is 1. The number of allylic oxidation sites excluding steroid dienone is 1. The van der Waals surface area contributed by atoms with E-state index >= 15 is 0 Å². The van der Waals surface area contributed by atoms with Crippen molar-refractivity contribution in [2.45, 2.75) is 39.7 Å². The molecule has 1 fully saturated rings. The summed E-state index contributed by atoms with van der Waals surface area (Å²) in [7, 11) is 0. The van der Waals surface area contributed by atoms with E-state index in [1.807, 2.05) is 20.8 Å². The summed E-state index contributed by atoms with van der Waals surface area (Å²) in [5, 5.41) is 0. The number of hydrogen-bond acceptors (Lipinski definition) is 3. The van der Waals surface area contributed by atoms with Gasteiger partial charge in [-0.1, -0.05) is 13.5 Å². The fourth-order valence-electron chi connectivity index (χ4n) is 1.76. The Balaban J connectivity index is 2.42. The Bertz CT molecular complexity index is 286. The van der Waals surface area contributed by atoms with Crippen LogP contribution in [0.15, 0.2) is 12.3 Å². The number of hydrogen-bond donors (Lipinski definition) is 0. The average Bonchev–Trinajstić information content (AvgIpc) is 2.26. The van der Waals surface area contributed by atoms with Crippen LogP contribution in [0.3, 0.4) is 0 Å². The van der Waals surface area contributed by atoms with Gasteiger partial charge in [0.05, 0.1) is 0 Å². The van der Waals surface area contributed by atoms with Crippen LogP contribution in [0, 0.1) is 0 Å². The zero-order valence-corrected chi connectivity index (χ0v) is 11.5. The second-order valence-corrected chi connectivity index (χ2v) is 5.37. The predicted octanol–water partition coefficient (Wildman–Crippen LogP) is 2.46. The molecule has 1 amide bonds. The summed E-state index contributed by atoms with van der Waals surface area (Å²) >= 11 is 0. The van der Waals surface area contributed by atoms with Gasteiger partial charge in [0.2, 0.25) is 0 Å². The number of carbonyl (C=O) groups is 1. The highest BCUT2D eigenvalue weighted by atomic mass is 16.6. The number of rotatable bonds is 2. The van der Waals surface area contributed by atoms with Crippen LogP contribution in [0.5, 0.6) is 0 Å². The first-order valence-corrected chi connectivity index (χ1v) is 6.24. The van der Waals surface area contributed by atoms with Crippen molar-refractivity contribution >= 4 is 6.09 Å². The van der Waals surface area contributed by atoms with E-state index < -0.39 is 5.60 Å². The molecule has 0 saturated carbocycles. The van der Waals surface area contributed by atoms with Gasteiger partial charge in [0.1, 0.15) is 5.60 Å². The van der Waals surface area contributed by atoms with E-state index in [2.05, 4.69) is 18.4 Å². The molecule has 1 heterocycles. The van der Waals surface area contributed by atoms with Crippen molar-refractivity contribution in [2.24, 2.45) is 0 Å². The van der Waals surface area contributed by atoms with E-state index in [0.29, 0.717) is 13.1 Å². The number of nitrogens with zero attached hydrogens (tertiary/aromatic N) is 2. The van der Waals surface area contributed by atoms with Crippen LogP contribution < -0.4 is 0 Å². The molecule has 0 aliphatic carbocycles. The van der Waals surface area contributed by atoms with Gasteiger partial charge in [0.15, 0.2) is 0 Å². The fraction of sp³-hybridized carbons (Fsp3) is 0.769. The van der Waals surface area contributed by atoms with Crippen LogP contribution in [0.2, 0.25) is 0 Å². The highest BCUT2D eigenvalue weighted by Gasteiger charge is 2.25. The third-order valence-corrected chi connectivity index (χ3v) is 2.79. The fourth-order valence-corrected chi connectivity index (χ4v) is 1.76. The molecule has 0 aromatic rings. The molecule has 98 valence electrons. The van der Waals surface area contributed by atoms with Crippen molar-refractivity contribution < 1.29 is 9.53 Å². The molecule has 4 heteroatoms. The molecule has 1 aliphatic heterocycles. The smallest absolute Gasteiger partial charge is 0.410 e. The molecule has 0 radical (unpaired) electrons. The molecular weight excluding hydrogens is 216 g/mol. The van der Waals surface area contributed by atoms with Gasteiger partial charge < -0.3 is 14.5 Å². The van der Waals surface area contributed by atoms with Gasteiger partial charge in [-0.25, -0.2) is 4.79 Å². The van der Waals surface area contributed by atoms with Gasteiger partial charge in [-0.15, -0.1) is 0 Å². The van der Waals surface area contributed by atoms with Crippen LogP contribution in [-0.4, -0.2) is 47.7 Å². The SMILES string of the molecule is C=C(CC)N1CCN(C(=O)OC(C)(C)C)CC1. The zero-order valence-electron chi connectivity index (χ0n) is 11.5. The van der Waals surface area contributed by atoms with Crippen LogP contribution >= 0.6 is 0 Å². The Hall–Kier alpha value is -1.19. The van der Waals surface area contributed by atoms with Crippen molar-refractivity contribution in [3.05, 3.63) is 12.3 Å². The van der Waals surface area contributed by atoms with Crippen LogP contribution in [0.4, 0.5) is 4.79 Å². The highest BCUT2D eigenvalue weighted by Crippen LogP contribution is 2.14. The Morgan fingerprint density at radius 2 is 1.65 bits per heavy atom. The summed E-state index contributed by atoms with van der Waals surface area (Å²) in [6.07, 6.45) is 0.756. The minimum absolute atomic E-state index is 0.209. The number of carbonyl (C=O) groups excluding carboxylic acids is 1. The number of amides is 1. The number of ether oxygens (including phenoxy) is 1. The monoisotopic (exact) mass is 240 g/mol. The van der Waals surface area contributed by atoms with Crippen LogP contribution in [-0.2, 0) is 4.74 Å². The first-order valence-electron chi connectivity index (χ1n) is 6.24. The predicted molar refractivity (Wildman–Crippen MR) is 68.8 cm³/mol. The molecule has 1 saturated heterocycles. The molecule has 0 aromatic heterocycles. The van der Waals surface area contributed by atoms with Gasteiger partial charge in [0, 0.05) is 31.9 Å². The highest BCUT2D eigenvalue weighted by molar-refractivity contribution is 5.68. The maximum absolute atomic E-state index is 11.8. The van der Waals surface area contributed by atoms with E-state index in [4.69, 9.17) is 4.74 Å². The van der Waals surface area contributed by atoms with E-state index in [1.165, 1.54) is 0 Å². The summed E-state index contributed by atoms with van der Waals surface area (Å²) in [5.74, 6) is 0. The third-order valence-electron chi connectivity index (χ3n) is 2.79. The molecule has 0 N–H and O–H groups in total. The maximum Gasteiger partial charge on any atom is 0.410 e. The van der Waals surface area contributed by atoms with Crippen molar-refractivity contribution in [3.8, 4) is 0 Å². The van der Waals surface area contributed by atoms with Gasteiger partial charge in [0.25, 0.3) is 0 Å². The van der Waals surface area contributed by atoms with Gasteiger partial charge in [-0.2, -0.15) is 0 Å². The van der Waals surface area contributed by atoms with Crippen molar-refractivity contribution in [2.75, 3.05) is 26.2 Å². The Morgan fingerprint density at radius 3 is 2.06 bits per heavy atom. The molecule has 0 aromatic carbocycles. The quantitative estimate of drug-likeness (QED) is 0.743. The first kappa shape index (κ1) is 13.9. The molecule has 17 heavy (non-hydrogen) atoms. The Labute approximate surface area is 104 Å². The lowest BCUT2D eigenvalue weighted by atomic mass is 10.2. The van der Waals surface area contributed by atoms with E-state index in [9.17, 15) is 4.79 Å². The third kappa shape index (κ3) is 4.29. The van der Waals surface area contributed by atoms with Gasteiger partial charge >= 0.3 is 6.09 Å². The average molecular weight is 240 g/mol. The second kappa shape index (κ2) is 5.43. The molecule has 0 atom stereocenters. The lowest BCUT2D eigenvalue weighted by molar-refractivity contribution is 0.0167. The van der Waals surface area contributed by atoms with Crippen LogP contribution in [0.25, 0.3) is 0 Å². The molecule has 0 unspecified atom stereocenters. The van der Waals surface area contributed by atoms with Crippen LogP contribution in [0.1, 0.15) is 34.1 Å². The Kier molecular flexibility index (Phi) is 4.43. The van der Waals surface area contributed by atoms with Crippen molar-refractivity contribution in [1.29, 1.82) is 0 Å². The zero-order chi connectivity index (χ0) is 13.1. The normalized spacial score (nSPS) is 16.9. The molecule has 0 bridgehead atoms. The summed E-state index contributed by atoms with van der Waals surface area (Å²) in [4.78, 5) is 15.8. The molecular formula is C13H24N2O2. The van der Waals surface area contributed by atoms with E-state index in [0.717, 1.165) is 25.2 Å². The minimum atomic E-state index is -0.415. The van der Waals surface area contributed by atoms with E-state index in [1.54, 1.807) is 4.90 Å². The lowest BCUT2D eigenvalue weighted by Crippen LogP contribution is -2.49. The minimum Gasteiger partial charge on any atom is -0.444 e. The van der Waals surface area contributed by atoms with Crippen molar-refractivity contribution in [1.82, 2.24) is 9.80 Å². The lowest BCUT2D eigenvalue weighted by Gasteiger charge is -2.37.